The Kier molecular flexibility index (Phi) is 4.27. The van der Waals surface area contributed by atoms with Gasteiger partial charge in [-0.3, -0.25) is 5.10 Å². The fourth-order valence-corrected chi connectivity index (χ4v) is 3.62. The number of aromatic amines is 1. The molecular formula is C17H17ClN6S. The lowest BCUT2D eigenvalue weighted by Crippen LogP contribution is -1.97. The summed E-state index contributed by atoms with van der Waals surface area (Å²) in [6.07, 6.45) is 1.62. The van der Waals surface area contributed by atoms with Gasteiger partial charge in [0.15, 0.2) is 10.8 Å². The average molecular weight is 373 g/mol. The lowest BCUT2D eigenvalue weighted by atomic mass is 10.1. The van der Waals surface area contributed by atoms with Crippen LogP contribution >= 0.6 is 22.9 Å². The number of aromatic nitrogens is 6. The van der Waals surface area contributed by atoms with Crippen molar-refractivity contribution in [3.05, 3.63) is 52.4 Å². The number of nitrogens with zero attached hydrogens (tertiary/aromatic N) is 5. The van der Waals surface area contributed by atoms with E-state index in [0.29, 0.717) is 12.3 Å². The summed E-state index contributed by atoms with van der Waals surface area (Å²) in [5, 5.41) is 22.2. The van der Waals surface area contributed by atoms with Crippen LogP contribution in [0.25, 0.3) is 15.7 Å². The van der Waals surface area contributed by atoms with Crippen molar-refractivity contribution in [3.8, 4) is 10.7 Å². The fourth-order valence-electron chi connectivity index (χ4n) is 2.67. The summed E-state index contributed by atoms with van der Waals surface area (Å²) in [7, 11) is 0. The van der Waals surface area contributed by atoms with Crippen LogP contribution < -0.4 is 0 Å². The van der Waals surface area contributed by atoms with Gasteiger partial charge < -0.3 is 0 Å². The van der Waals surface area contributed by atoms with Crippen LogP contribution in [0.1, 0.15) is 30.9 Å². The zero-order valence-corrected chi connectivity index (χ0v) is 15.5. The second-order valence-corrected chi connectivity index (χ2v) is 7.79. The van der Waals surface area contributed by atoms with E-state index in [4.69, 9.17) is 11.6 Å². The SMILES string of the molecule is CC(C)Cc1cc(-c2nn3c(Cc4ccc(Cl)cc4)nnc3s2)n[nH]1. The molecule has 0 saturated carbocycles. The van der Waals surface area contributed by atoms with Crippen molar-refractivity contribution >= 4 is 27.9 Å². The normalized spacial score (nSPS) is 11.7. The zero-order valence-electron chi connectivity index (χ0n) is 13.9. The van der Waals surface area contributed by atoms with E-state index in [0.717, 1.165) is 44.2 Å². The number of fused-ring (bicyclic) bond motifs is 1. The van der Waals surface area contributed by atoms with Gasteiger partial charge in [0.25, 0.3) is 0 Å². The standard InChI is InChI=1S/C17H17ClN6S/c1-10(2)7-13-9-14(20-19-13)16-23-24-15(21-22-17(24)25-16)8-11-3-5-12(18)6-4-11/h3-6,9-10H,7-8H2,1-2H3,(H,19,20). The molecule has 1 aromatic carbocycles. The van der Waals surface area contributed by atoms with Crippen molar-refractivity contribution in [3.63, 3.8) is 0 Å². The van der Waals surface area contributed by atoms with E-state index in [2.05, 4.69) is 45.4 Å². The number of hydrogen-bond acceptors (Lipinski definition) is 5. The minimum Gasteiger partial charge on any atom is -0.282 e. The monoisotopic (exact) mass is 372 g/mol. The number of hydrogen-bond donors (Lipinski definition) is 1. The molecule has 0 bridgehead atoms. The molecule has 0 saturated heterocycles. The van der Waals surface area contributed by atoms with E-state index in [1.165, 1.54) is 11.3 Å². The minimum atomic E-state index is 0.581. The fraction of sp³-hybridized carbons (Fsp3) is 0.294. The predicted octanol–water partition coefficient (Wildman–Crippen LogP) is 4.02. The van der Waals surface area contributed by atoms with E-state index in [-0.39, 0.29) is 0 Å². The second-order valence-electron chi connectivity index (χ2n) is 6.40. The van der Waals surface area contributed by atoms with Crippen molar-refractivity contribution < 1.29 is 0 Å². The van der Waals surface area contributed by atoms with Gasteiger partial charge in [-0.2, -0.15) is 14.7 Å². The molecular weight excluding hydrogens is 356 g/mol. The molecule has 3 aromatic heterocycles. The first kappa shape index (κ1) is 16.2. The number of halogens is 1. The average Bonchev–Trinajstić information content (AvgIpc) is 3.26. The summed E-state index contributed by atoms with van der Waals surface area (Å²) in [6, 6.07) is 9.79. The zero-order chi connectivity index (χ0) is 17.4. The van der Waals surface area contributed by atoms with E-state index < -0.39 is 0 Å². The molecule has 0 aliphatic heterocycles. The molecule has 4 rings (SSSR count). The van der Waals surface area contributed by atoms with E-state index >= 15 is 0 Å². The summed E-state index contributed by atoms with van der Waals surface area (Å²) < 4.78 is 1.80. The molecule has 3 heterocycles. The Bertz CT molecular complexity index is 998. The molecule has 0 atom stereocenters. The Morgan fingerprint density at radius 1 is 1.20 bits per heavy atom. The minimum absolute atomic E-state index is 0.581. The second kappa shape index (κ2) is 6.57. The molecule has 0 aliphatic carbocycles. The molecule has 0 amide bonds. The topological polar surface area (TPSA) is 71.8 Å². The summed E-state index contributed by atoms with van der Waals surface area (Å²) in [6.45, 7) is 4.37. The quantitative estimate of drug-likeness (QED) is 0.574. The van der Waals surface area contributed by atoms with Gasteiger partial charge in [0, 0.05) is 17.1 Å². The van der Waals surface area contributed by atoms with Crippen molar-refractivity contribution in [2.24, 2.45) is 5.92 Å². The Morgan fingerprint density at radius 2 is 2.00 bits per heavy atom. The van der Waals surface area contributed by atoms with Gasteiger partial charge in [0.1, 0.15) is 5.69 Å². The van der Waals surface area contributed by atoms with Gasteiger partial charge >= 0.3 is 0 Å². The summed E-state index contributed by atoms with van der Waals surface area (Å²) in [5.41, 5.74) is 3.09. The van der Waals surface area contributed by atoms with E-state index in [1.807, 2.05) is 24.3 Å². The molecule has 0 fully saturated rings. The first-order valence-corrected chi connectivity index (χ1v) is 9.28. The number of H-pyrrole nitrogens is 1. The van der Waals surface area contributed by atoms with E-state index in [1.54, 1.807) is 4.52 Å². The first-order valence-electron chi connectivity index (χ1n) is 8.08. The Balaban J connectivity index is 1.61. The molecule has 0 aliphatic rings. The van der Waals surface area contributed by atoms with Gasteiger partial charge in [0.05, 0.1) is 0 Å². The number of benzene rings is 1. The highest BCUT2D eigenvalue weighted by molar-refractivity contribution is 7.19. The van der Waals surface area contributed by atoms with Crippen LogP contribution in [0.2, 0.25) is 5.02 Å². The summed E-state index contributed by atoms with van der Waals surface area (Å²) in [5.74, 6) is 1.38. The number of rotatable bonds is 5. The first-order chi connectivity index (χ1) is 12.1. The predicted molar refractivity (Wildman–Crippen MR) is 99.0 cm³/mol. The van der Waals surface area contributed by atoms with Crippen LogP contribution in [-0.2, 0) is 12.8 Å². The highest BCUT2D eigenvalue weighted by atomic mass is 35.5. The molecule has 1 N–H and O–H groups in total. The molecule has 4 aromatic rings. The van der Waals surface area contributed by atoms with E-state index in [9.17, 15) is 0 Å². The van der Waals surface area contributed by atoms with Crippen LogP contribution in [-0.4, -0.2) is 30.0 Å². The highest BCUT2D eigenvalue weighted by Gasteiger charge is 2.15. The molecule has 8 heteroatoms. The van der Waals surface area contributed by atoms with Crippen LogP contribution in [0.3, 0.4) is 0 Å². The van der Waals surface area contributed by atoms with Crippen molar-refractivity contribution in [1.82, 2.24) is 30.0 Å². The summed E-state index contributed by atoms with van der Waals surface area (Å²) >= 11 is 7.43. The van der Waals surface area contributed by atoms with Crippen molar-refractivity contribution in [2.45, 2.75) is 26.7 Å². The van der Waals surface area contributed by atoms with Crippen molar-refractivity contribution in [1.29, 1.82) is 0 Å². The maximum Gasteiger partial charge on any atom is 0.235 e. The van der Waals surface area contributed by atoms with Gasteiger partial charge in [-0.25, -0.2) is 0 Å². The van der Waals surface area contributed by atoms with Crippen LogP contribution in [0.4, 0.5) is 0 Å². The third-order valence-corrected chi connectivity index (χ3v) is 4.98. The molecule has 0 spiro atoms. The van der Waals surface area contributed by atoms with Gasteiger partial charge in [-0.05, 0) is 36.1 Å². The molecule has 6 nitrogen and oxygen atoms in total. The Morgan fingerprint density at radius 3 is 2.76 bits per heavy atom. The van der Waals surface area contributed by atoms with Crippen LogP contribution in [0, 0.1) is 5.92 Å². The smallest absolute Gasteiger partial charge is 0.235 e. The largest absolute Gasteiger partial charge is 0.282 e. The maximum absolute atomic E-state index is 5.94. The number of nitrogens with one attached hydrogen (secondary N) is 1. The van der Waals surface area contributed by atoms with Crippen LogP contribution in [0.15, 0.2) is 30.3 Å². The molecule has 0 unspecified atom stereocenters. The van der Waals surface area contributed by atoms with Crippen molar-refractivity contribution in [2.75, 3.05) is 0 Å². The molecule has 128 valence electrons. The Hall–Kier alpha value is -2.25. The Labute approximate surface area is 153 Å². The lowest BCUT2D eigenvalue weighted by Gasteiger charge is -1.98. The third kappa shape index (κ3) is 3.43. The lowest BCUT2D eigenvalue weighted by molar-refractivity contribution is 0.633. The molecule has 25 heavy (non-hydrogen) atoms. The van der Waals surface area contributed by atoms with Gasteiger partial charge in [-0.1, -0.05) is 48.9 Å². The van der Waals surface area contributed by atoms with Gasteiger partial charge in [0.2, 0.25) is 4.96 Å². The van der Waals surface area contributed by atoms with Gasteiger partial charge in [-0.15, -0.1) is 10.2 Å². The third-order valence-electron chi connectivity index (χ3n) is 3.81. The highest BCUT2D eigenvalue weighted by Crippen LogP contribution is 2.25. The molecule has 0 radical (unpaired) electrons. The van der Waals surface area contributed by atoms with Crippen LogP contribution in [0.5, 0.6) is 0 Å². The maximum atomic E-state index is 5.94. The summed E-state index contributed by atoms with van der Waals surface area (Å²) in [4.78, 5) is 0.771.